The minimum atomic E-state index is -0.00431. The van der Waals surface area contributed by atoms with Crippen LogP contribution in [0.1, 0.15) is 16.9 Å². The zero-order chi connectivity index (χ0) is 20.7. The molecule has 0 N–H and O–H groups in total. The molecule has 5 rings (SSSR count). The van der Waals surface area contributed by atoms with E-state index in [0.717, 1.165) is 49.2 Å². The van der Waals surface area contributed by atoms with Crippen molar-refractivity contribution in [3.63, 3.8) is 0 Å². The average molecular weight is 425 g/mol. The minimum absolute atomic E-state index is 0.00431. The second kappa shape index (κ2) is 7.75. The molecule has 4 heterocycles. The summed E-state index contributed by atoms with van der Waals surface area (Å²) in [4.78, 5) is 27.8. The monoisotopic (exact) mass is 424 g/mol. The summed E-state index contributed by atoms with van der Waals surface area (Å²) in [6.45, 7) is 3.03. The van der Waals surface area contributed by atoms with Crippen molar-refractivity contribution in [3.05, 3.63) is 40.3 Å². The van der Waals surface area contributed by atoms with Crippen molar-refractivity contribution in [3.8, 4) is 11.5 Å². The number of thiophene rings is 1. The van der Waals surface area contributed by atoms with Gasteiger partial charge >= 0.3 is 0 Å². The van der Waals surface area contributed by atoms with E-state index in [2.05, 4.69) is 26.3 Å². The number of rotatable bonds is 4. The van der Waals surface area contributed by atoms with Gasteiger partial charge in [0, 0.05) is 42.5 Å². The van der Waals surface area contributed by atoms with Gasteiger partial charge in [-0.15, -0.1) is 11.3 Å². The number of carbonyl (C=O) groups excluding carboxylic acids is 1. The van der Waals surface area contributed by atoms with Crippen LogP contribution < -0.4 is 14.4 Å². The van der Waals surface area contributed by atoms with Gasteiger partial charge in [0.15, 0.2) is 11.5 Å². The van der Waals surface area contributed by atoms with Gasteiger partial charge in [-0.1, -0.05) is 0 Å². The summed E-state index contributed by atoms with van der Waals surface area (Å²) in [6, 6.07) is 5.93. The van der Waals surface area contributed by atoms with E-state index in [1.807, 2.05) is 17.0 Å². The lowest BCUT2D eigenvalue weighted by Crippen LogP contribution is -2.40. The van der Waals surface area contributed by atoms with E-state index < -0.39 is 0 Å². The zero-order valence-electron chi connectivity index (χ0n) is 17.1. The number of amides is 1. The third-order valence-corrected chi connectivity index (χ3v) is 7.10. The maximum absolute atomic E-state index is 13.2. The SMILES string of the molecule is COc1cc2ncnc(N3CCC(C(=O)N4CCc5sccc5C4)C3)c2cc1OC. The lowest BCUT2D eigenvalue weighted by Gasteiger charge is -2.29. The first-order valence-electron chi connectivity index (χ1n) is 10.1. The van der Waals surface area contributed by atoms with Gasteiger partial charge in [0.2, 0.25) is 5.91 Å². The number of carbonyl (C=O) groups is 1. The minimum Gasteiger partial charge on any atom is -0.493 e. The number of nitrogens with zero attached hydrogens (tertiary/aromatic N) is 4. The Balaban J connectivity index is 1.37. The fourth-order valence-corrected chi connectivity index (χ4v) is 5.36. The van der Waals surface area contributed by atoms with E-state index >= 15 is 0 Å². The molecule has 7 nitrogen and oxygen atoms in total. The Labute approximate surface area is 179 Å². The molecule has 0 bridgehead atoms. The highest BCUT2D eigenvalue weighted by molar-refractivity contribution is 7.10. The molecule has 0 aliphatic carbocycles. The highest BCUT2D eigenvalue weighted by Gasteiger charge is 2.34. The van der Waals surface area contributed by atoms with E-state index in [4.69, 9.17) is 9.47 Å². The zero-order valence-corrected chi connectivity index (χ0v) is 17.9. The fourth-order valence-electron chi connectivity index (χ4n) is 4.47. The maximum atomic E-state index is 13.2. The number of fused-ring (bicyclic) bond motifs is 2. The molecule has 1 saturated heterocycles. The molecular formula is C22H24N4O3S. The Bertz CT molecular complexity index is 1100. The first-order chi connectivity index (χ1) is 14.7. The molecule has 30 heavy (non-hydrogen) atoms. The predicted octanol–water partition coefficient (Wildman–Crippen LogP) is 3.12. The summed E-state index contributed by atoms with van der Waals surface area (Å²) < 4.78 is 10.9. The Kier molecular flexibility index (Phi) is 4.94. The van der Waals surface area contributed by atoms with Crippen molar-refractivity contribution in [1.82, 2.24) is 14.9 Å². The van der Waals surface area contributed by atoms with Gasteiger partial charge in [0.25, 0.3) is 0 Å². The van der Waals surface area contributed by atoms with E-state index in [1.165, 1.54) is 10.4 Å². The quantitative estimate of drug-likeness (QED) is 0.641. The Morgan fingerprint density at radius 1 is 1.17 bits per heavy atom. The maximum Gasteiger partial charge on any atom is 0.227 e. The van der Waals surface area contributed by atoms with Crippen LogP contribution in [0.5, 0.6) is 11.5 Å². The molecule has 1 amide bonds. The molecule has 1 unspecified atom stereocenters. The number of anilines is 1. The second-order valence-corrected chi connectivity index (χ2v) is 8.73. The van der Waals surface area contributed by atoms with Crippen LogP contribution in [0.25, 0.3) is 10.9 Å². The van der Waals surface area contributed by atoms with Crippen LogP contribution in [0, 0.1) is 5.92 Å². The summed E-state index contributed by atoms with van der Waals surface area (Å²) >= 11 is 1.80. The number of ether oxygens (including phenoxy) is 2. The molecule has 0 saturated carbocycles. The first kappa shape index (κ1) is 19.1. The van der Waals surface area contributed by atoms with Crippen molar-refractivity contribution < 1.29 is 14.3 Å². The van der Waals surface area contributed by atoms with Gasteiger partial charge in [-0.3, -0.25) is 4.79 Å². The van der Waals surface area contributed by atoms with Crippen LogP contribution in [-0.4, -0.2) is 54.6 Å². The lowest BCUT2D eigenvalue weighted by molar-refractivity contribution is -0.135. The molecule has 0 radical (unpaired) electrons. The molecule has 1 fully saturated rings. The fraction of sp³-hybridized carbons (Fsp3) is 0.409. The van der Waals surface area contributed by atoms with Crippen molar-refractivity contribution in [1.29, 1.82) is 0 Å². The van der Waals surface area contributed by atoms with Crippen LogP contribution in [0.2, 0.25) is 0 Å². The number of aromatic nitrogens is 2. The first-order valence-corrected chi connectivity index (χ1v) is 11.0. The van der Waals surface area contributed by atoms with Crippen molar-refractivity contribution >= 4 is 34.0 Å². The molecule has 156 valence electrons. The van der Waals surface area contributed by atoms with Crippen LogP contribution in [0.15, 0.2) is 29.9 Å². The third-order valence-electron chi connectivity index (χ3n) is 6.08. The summed E-state index contributed by atoms with van der Waals surface area (Å²) in [5, 5.41) is 3.03. The van der Waals surface area contributed by atoms with Gasteiger partial charge in [-0.25, -0.2) is 9.97 Å². The van der Waals surface area contributed by atoms with E-state index in [1.54, 1.807) is 31.9 Å². The number of benzene rings is 1. The predicted molar refractivity (Wildman–Crippen MR) is 116 cm³/mol. The molecule has 1 atom stereocenters. The van der Waals surface area contributed by atoms with Crippen LogP contribution in [0.3, 0.4) is 0 Å². The Hall–Kier alpha value is -2.87. The molecular weight excluding hydrogens is 400 g/mol. The summed E-state index contributed by atoms with van der Waals surface area (Å²) in [5.41, 5.74) is 2.10. The summed E-state index contributed by atoms with van der Waals surface area (Å²) in [5.74, 6) is 2.38. The van der Waals surface area contributed by atoms with Gasteiger partial charge in [-0.05, 0) is 35.9 Å². The molecule has 2 aliphatic rings. The van der Waals surface area contributed by atoms with Gasteiger partial charge in [0.05, 0.1) is 25.7 Å². The topological polar surface area (TPSA) is 67.8 Å². The Morgan fingerprint density at radius 2 is 2.00 bits per heavy atom. The number of methoxy groups -OCH3 is 2. The van der Waals surface area contributed by atoms with Crippen molar-refractivity contribution in [2.75, 3.05) is 38.8 Å². The molecule has 1 aromatic carbocycles. The lowest BCUT2D eigenvalue weighted by atomic mass is 10.0. The van der Waals surface area contributed by atoms with Crippen molar-refractivity contribution in [2.24, 2.45) is 5.92 Å². The van der Waals surface area contributed by atoms with Gasteiger partial charge in [0.1, 0.15) is 12.1 Å². The second-order valence-electron chi connectivity index (χ2n) is 7.73. The summed E-state index contributed by atoms with van der Waals surface area (Å²) in [6.07, 6.45) is 3.37. The molecule has 2 aromatic heterocycles. The molecule has 3 aromatic rings. The van der Waals surface area contributed by atoms with E-state index in [9.17, 15) is 4.79 Å². The van der Waals surface area contributed by atoms with E-state index in [-0.39, 0.29) is 11.8 Å². The van der Waals surface area contributed by atoms with Crippen LogP contribution >= 0.6 is 11.3 Å². The largest absolute Gasteiger partial charge is 0.493 e. The Morgan fingerprint density at radius 3 is 2.83 bits per heavy atom. The van der Waals surface area contributed by atoms with Crippen LogP contribution in [-0.2, 0) is 17.8 Å². The van der Waals surface area contributed by atoms with Crippen molar-refractivity contribution in [2.45, 2.75) is 19.4 Å². The highest BCUT2D eigenvalue weighted by atomic mass is 32.1. The standard InChI is InChI=1S/C22H24N4O3S/c1-28-18-9-16-17(10-19(18)29-2)23-13-24-21(16)25-6-3-15(12-25)22(27)26-7-4-20-14(11-26)5-8-30-20/h5,8-10,13,15H,3-4,6-7,11-12H2,1-2H3. The number of hydrogen-bond acceptors (Lipinski definition) is 7. The molecule has 8 heteroatoms. The summed E-state index contributed by atoms with van der Waals surface area (Å²) in [7, 11) is 3.23. The normalized spacial score (nSPS) is 18.5. The van der Waals surface area contributed by atoms with E-state index in [0.29, 0.717) is 18.0 Å². The third kappa shape index (κ3) is 3.25. The smallest absolute Gasteiger partial charge is 0.227 e. The molecule has 0 spiro atoms. The number of hydrogen-bond donors (Lipinski definition) is 0. The van der Waals surface area contributed by atoms with Gasteiger partial charge in [-0.2, -0.15) is 0 Å². The van der Waals surface area contributed by atoms with Crippen LogP contribution in [0.4, 0.5) is 5.82 Å². The molecule has 2 aliphatic heterocycles. The average Bonchev–Trinajstić information content (AvgIpc) is 3.46. The van der Waals surface area contributed by atoms with Gasteiger partial charge < -0.3 is 19.3 Å². The highest BCUT2D eigenvalue weighted by Crippen LogP contribution is 2.36.